The third-order valence-corrected chi connectivity index (χ3v) is 4.42. The molecule has 1 aromatic carbocycles. The molecule has 1 aliphatic heterocycles. The van der Waals surface area contributed by atoms with Crippen LogP contribution in [0.25, 0.3) is 0 Å². The topological polar surface area (TPSA) is 41.6 Å². The second kappa shape index (κ2) is 6.97. The molecule has 0 aromatic heterocycles. The minimum Gasteiger partial charge on any atom is -0.378 e. The average molecular weight is 300 g/mol. The van der Waals surface area contributed by atoms with E-state index >= 15 is 0 Å². The van der Waals surface area contributed by atoms with Gasteiger partial charge in [0.25, 0.3) is 0 Å². The van der Waals surface area contributed by atoms with Crippen molar-refractivity contribution in [3.8, 4) is 0 Å². The smallest absolute Gasteiger partial charge is 0.224 e. The Hall–Kier alpha value is -1.81. The Kier molecular flexibility index (Phi) is 4.78. The summed E-state index contributed by atoms with van der Waals surface area (Å²) in [5.41, 5.74) is 3.24. The van der Waals surface area contributed by atoms with Gasteiger partial charge in [0.15, 0.2) is 0 Å². The number of hydrogen-bond donors (Lipinski definition) is 1. The highest BCUT2D eigenvalue weighted by Gasteiger charge is 2.16. The molecule has 1 atom stereocenters. The predicted molar refractivity (Wildman–Crippen MR) is 89.3 cm³/mol. The maximum atomic E-state index is 12.1. The van der Waals surface area contributed by atoms with E-state index in [9.17, 15) is 4.79 Å². The molecule has 1 aromatic rings. The molecule has 0 saturated carbocycles. The van der Waals surface area contributed by atoms with Gasteiger partial charge in [-0.25, -0.2) is 0 Å². The molecule has 4 nitrogen and oxygen atoms in total. The second-order valence-electron chi connectivity index (χ2n) is 6.12. The molecule has 3 rings (SSSR count). The van der Waals surface area contributed by atoms with Gasteiger partial charge in [-0.05, 0) is 49.4 Å². The molecule has 0 radical (unpaired) electrons. The number of amides is 1. The highest BCUT2D eigenvalue weighted by molar-refractivity contribution is 5.92. The lowest BCUT2D eigenvalue weighted by Crippen LogP contribution is -2.36. The summed E-state index contributed by atoms with van der Waals surface area (Å²) in [5, 5.41) is 3.05. The fraction of sp³-hybridized carbons (Fsp3) is 0.500. The van der Waals surface area contributed by atoms with Gasteiger partial charge in [-0.3, -0.25) is 4.79 Å². The normalized spacial score (nSPS) is 21.1. The first-order chi connectivity index (χ1) is 10.7. The predicted octanol–water partition coefficient (Wildman–Crippen LogP) is 3.13. The molecule has 22 heavy (non-hydrogen) atoms. The summed E-state index contributed by atoms with van der Waals surface area (Å²) in [6.45, 7) is 5.48. The van der Waals surface area contributed by atoms with E-state index in [2.05, 4.69) is 41.4 Å². The maximum Gasteiger partial charge on any atom is 0.224 e. The van der Waals surface area contributed by atoms with Crippen molar-refractivity contribution < 1.29 is 9.53 Å². The maximum absolute atomic E-state index is 12.1. The van der Waals surface area contributed by atoms with Crippen molar-refractivity contribution in [2.45, 2.75) is 26.2 Å². The van der Waals surface area contributed by atoms with E-state index in [1.807, 2.05) is 6.07 Å². The standard InChI is InChI=1S/C18H24N2O2/c1-14-12-16(20-8-10-22-11-9-20)6-7-17(14)19-18(21)13-15-4-2-3-5-15/h2,4,6-7,12,15H,3,5,8-11,13H2,1H3,(H,19,21)/t15-/m1/s1. The van der Waals surface area contributed by atoms with E-state index in [4.69, 9.17) is 4.74 Å². The van der Waals surface area contributed by atoms with Gasteiger partial charge in [0, 0.05) is 30.9 Å². The molecule has 118 valence electrons. The van der Waals surface area contributed by atoms with E-state index in [0.29, 0.717) is 12.3 Å². The van der Waals surface area contributed by atoms with Crippen molar-refractivity contribution in [3.05, 3.63) is 35.9 Å². The zero-order chi connectivity index (χ0) is 15.4. The van der Waals surface area contributed by atoms with Crippen LogP contribution in [0.2, 0.25) is 0 Å². The van der Waals surface area contributed by atoms with Gasteiger partial charge in [-0.2, -0.15) is 0 Å². The number of benzene rings is 1. The monoisotopic (exact) mass is 300 g/mol. The number of rotatable bonds is 4. The van der Waals surface area contributed by atoms with Crippen LogP contribution in [0.4, 0.5) is 11.4 Å². The molecule has 4 heteroatoms. The lowest BCUT2D eigenvalue weighted by Gasteiger charge is -2.29. The van der Waals surface area contributed by atoms with Gasteiger partial charge in [0.2, 0.25) is 5.91 Å². The van der Waals surface area contributed by atoms with Crippen LogP contribution in [0.5, 0.6) is 0 Å². The molecule has 0 unspecified atom stereocenters. The van der Waals surface area contributed by atoms with Crippen LogP contribution < -0.4 is 10.2 Å². The molecule has 1 amide bonds. The third-order valence-electron chi connectivity index (χ3n) is 4.42. The second-order valence-corrected chi connectivity index (χ2v) is 6.12. The minimum absolute atomic E-state index is 0.110. The van der Waals surface area contributed by atoms with Crippen molar-refractivity contribution in [1.82, 2.24) is 0 Å². The highest BCUT2D eigenvalue weighted by atomic mass is 16.5. The van der Waals surface area contributed by atoms with Gasteiger partial charge < -0.3 is 15.0 Å². The summed E-state index contributed by atoms with van der Waals surface area (Å²) in [6.07, 6.45) is 7.11. The van der Waals surface area contributed by atoms with Gasteiger partial charge in [-0.1, -0.05) is 12.2 Å². The van der Waals surface area contributed by atoms with Gasteiger partial charge in [0.05, 0.1) is 13.2 Å². The van der Waals surface area contributed by atoms with Crippen LogP contribution in [0.15, 0.2) is 30.4 Å². The minimum atomic E-state index is 0.110. The van der Waals surface area contributed by atoms with Crippen LogP contribution >= 0.6 is 0 Å². The number of carbonyl (C=O) groups is 1. The van der Waals surface area contributed by atoms with Gasteiger partial charge >= 0.3 is 0 Å². The molecule has 1 saturated heterocycles. The Labute approximate surface area is 132 Å². The number of carbonyl (C=O) groups excluding carboxylic acids is 1. The summed E-state index contributed by atoms with van der Waals surface area (Å²) in [6, 6.07) is 6.25. The average Bonchev–Trinajstić information content (AvgIpc) is 3.03. The van der Waals surface area contributed by atoms with E-state index in [0.717, 1.165) is 50.4 Å². The summed E-state index contributed by atoms with van der Waals surface area (Å²) >= 11 is 0. The first kappa shape index (κ1) is 15.1. The zero-order valence-electron chi connectivity index (χ0n) is 13.2. The molecule has 2 aliphatic rings. The van der Waals surface area contributed by atoms with E-state index in [1.54, 1.807) is 0 Å². The van der Waals surface area contributed by atoms with Gasteiger partial charge in [-0.15, -0.1) is 0 Å². The van der Waals surface area contributed by atoms with Crippen LogP contribution in [0.3, 0.4) is 0 Å². The molecule has 1 N–H and O–H groups in total. The number of nitrogens with one attached hydrogen (secondary N) is 1. The van der Waals surface area contributed by atoms with Crippen LogP contribution in [-0.4, -0.2) is 32.2 Å². The Morgan fingerprint density at radius 2 is 2.18 bits per heavy atom. The molecule has 0 spiro atoms. The number of allylic oxidation sites excluding steroid dienone is 2. The van der Waals surface area contributed by atoms with Crippen LogP contribution in [0, 0.1) is 12.8 Å². The van der Waals surface area contributed by atoms with Crippen molar-refractivity contribution in [2.75, 3.05) is 36.5 Å². The first-order valence-corrected chi connectivity index (χ1v) is 8.12. The fourth-order valence-corrected chi connectivity index (χ4v) is 3.11. The first-order valence-electron chi connectivity index (χ1n) is 8.12. The number of nitrogens with zero attached hydrogens (tertiary/aromatic N) is 1. The molecule has 1 fully saturated rings. The Balaban J connectivity index is 1.61. The van der Waals surface area contributed by atoms with E-state index in [1.165, 1.54) is 5.69 Å². The van der Waals surface area contributed by atoms with Crippen molar-refractivity contribution in [2.24, 2.45) is 5.92 Å². The lowest BCUT2D eigenvalue weighted by atomic mass is 10.0. The summed E-state index contributed by atoms with van der Waals surface area (Å²) in [5.74, 6) is 0.520. The fourth-order valence-electron chi connectivity index (χ4n) is 3.11. The molecule has 1 aliphatic carbocycles. The SMILES string of the molecule is Cc1cc(N2CCOCC2)ccc1NC(=O)C[C@@H]1C=CCC1. The van der Waals surface area contributed by atoms with E-state index in [-0.39, 0.29) is 5.91 Å². The zero-order valence-corrected chi connectivity index (χ0v) is 13.2. The van der Waals surface area contributed by atoms with E-state index < -0.39 is 0 Å². The largest absolute Gasteiger partial charge is 0.378 e. The van der Waals surface area contributed by atoms with Crippen molar-refractivity contribution in [1.29, 1.82) is 0 Å². The Morgan fingerprint density at radius 1 is 1.36 bits per heavy atom. The Bertz CT molecular complexity index is 562. The number of ether oxygens (including phenoxy) is 1. The Morgan fingerprint density at radius 3 is 2.86 bits per heavy atom. The van der Waals surface area contributed by atoms with Crippen molar-refractivity contribution >= 4 is 17.3 Å². The summed E-state index contributed by atoms with van der Waals surface area (Å²) in [4.78, 5) is 14.5. The molecular formula is C18H24N2O2. The third kappa shape index (κ3) is 3.69. The number of aryl methyl sites for hydroxylation is 1. The molecule has 0 bridgehead atoms. The molecule has 1 heterocycles. The molecular weight excluding hydrogens is 276 g/mol. The quantitative estimate of drug-likeness (QED) is 0.869. The van der Waals surface area contributed by atoms with Crippen LogP contribution in [0.1, 0.15) is 24.8 Å². The number of anilines is 2. The summed E-state index contributed by atoms with van der Waals surface area (Å²) < 4.78 is 5.39. The van der Waals surface area contributed by atoms with Crippen molar-refractivity contribution in [3.63, 3.8) is 0 Å². The lowest BCUT2D eigenvalue weighted by molar-refractivity contribution is -0.116. The highest BCUT2D eigenvalue weighted by Crippen LogP contribution is 2.25. The summed E-state index contributed by atoms with van der Waals surface area (Å²) in [7, 11) is 0. The number of hydrogen-bond acceptors (Lipinski definition) is 3. The number of morpholine rings is 1. The van der Waals surface area contributed by atoms with Gasteiger partial charge in [0.1, 0.15) is 0 Å². The van der Waals surface area contributed by atoms with Crippen LogP contribution in [-0.2, 0) is 9.53 Å².